The number of piperidine rings is 1. The van der Waals surface area contributed by atoms with Crippen LogP contribution < -0.4 is 0 Å². The Bertz CT molecular complexity index is 813. The van der Waals surface area contributed by atoms with Gasteiger partial charge in [-0.2, -0.15) is 9.29 Å². The molecule has 3 rings (SSSR count). The molecule has 0 unspecified atom stereocenters. The average Bonchev–Trinajstić information content (AvgIpc) is 3.08. The fourth-order valence-corrected chi connectivity index (χ4v) is 4.93. The van der Waals surface area contributed by atoms with Crippen molar-refractivity contribution in [1.29, 1.82) is 0 Å². The molecule has 7 nitrogen and oxygen atoms in total. The van der Waals surface area contributed by atoms with Crippen LogP contribution in [0.3, 0.4) is 0 Å². The average molecular weight is 397 g/mol. The Morgan fingerprint density at radius 3 is 2.65 bits per heavy atom. The van der Waals surface area contributed by atoms with Crippen molar-refractivity contribution in [3.8, 4) is 0 Å². The van der Waals surface area contributed by atoms with Gasteiger partial charge >= 0.3 is 0 Å². The molecule has 0 saturated carbocycles. The highest BCUT2D eigenvalue weighted by Gasteiger charge is 2.26. The first kappa shape index (κ1) is 19.3. The van der Waals surface area contributed by atoms with E-state index in [-0.39, 0.29) is 4.90 Å². The molecule has 0 aliphatic carbocycles. The van der Waals surface area contributed by atoms with Crippen molar-refractivity contribution in [3.05, 3.63) is 30.0 Å². The van der Waals surface area contributed by atoms with Gasteiger partial charge in [-0.3, -0.25) is 0 Å². The summed E-state index contributed by atoms with van der Waals surface area (Å²) in [6.45, 7) is 5.39. The topological polar surface area (TPSA) is 89.2 Å². The molecule has 0 amide bonds. The number of pyridine rings is 1. The second-order valence-corrected chi connectivity index (χ2v) is 9.72. The van der Waals surface area contributed by atoms with E-state index in [9.17, 15) is 8.42 Å². The van der Waals surface area contributed by atoms with E-state index in [0.717, 1.165) is 30.7 Å². The molecule has 2 aromatic rings. The Kier molecular flexibility index (Phi) is 6.31. The predicted molar refractivity (Wildman–Crippen MR) is 99.2 cm³/mol. The summed E-state index contributed by atoms with van der Waals surface area (Å²) in [6.07, 6.45) is 5.15. The Labute approximate surface area is 158 Å². The molecule has 3 heterocycles. The smallest absolute Gasteiger partial charge is 0.244 e. The molecule has 9 heteroatoms. The van der Waals surface area contributed by atoms with Gasteiger partial charge in [0.25, 0.3) is 0 Å². The highest BCUT2D eigenvalue weighted by Crippen LogP contribution is 2.24. The predicted octanol–water partition coefficient (Wildman–Crippen LogP) is 3.13. The third-order valence-electron chi connectivity index (χ3n) is 4.11. The van der Waals surface area contributed by atoms with Gasteiger partial charge in [-0.25, -0.2) is 13.4 Å². The van der Waals surface area contributed by atoms with Gasteiger partial charge in [0.1, 0.15) is 4.90 Å². The van der Waals surface area contributed by atoms with Crippen LogP contribution in [-0.2, 0) is 22.2 Å². The van der Waals surface area contributed by atoms with Crippen molar-refractivity contribution in [2.45, 2.75) is 55.2 Å². The molecule has 26 heavy (non-hydrogen) atoms. The summed E-state index contributed by atoms with van der Waals surface area (Å²) < 4.78 is 32.0. The molecule has 1 aliphatic heterocycles. The van der Waals surface area contributed by atoms with Crippen LogP contribution in [0, 0.1) is 5.92 Å². The lowest BCUT2D eigenvalue weighted by Crippen LogP contribution is -2.35. The molecule has 0 aromatic carbocycles. The van der Waals surface area contributed by atoms with Crippen LogP contribution >= 0.6 is 11.8 Å². The van der Waals surface area contributed by atoms with E-state index in [4.69, 9.17) is 4.52 Å². The van der Waals surface area contributed by atoms with Gasteiger partial charge in [-0.15, -0.1) is 0 Å². The highest BCUT2D eigenvalue weighted by molar-refractivity contribution is 7.98. The first-order valence-electron chi connectivity index (χ1n) is 8.85. The zero-order valence-electron chi connectivity index (χ0n) is 15.1. The summed E-state index contributed by atoms with van der Waals surface area (Å²) in [5.41, 5.74) is 0. The Balaban J connectivity index is 1.60. The van der Waals surface area contributed by atoms with Crippen molar-refractivity contribution < 1.29 is 12.9 Å². The van der Waals surface area contributed by atoms with E-state index >= 15 is 0 Å². The first-order valence-corrected chi connectivity index (χ1v) is 11.3. The van der Waals surface area contributed by atoms with E-state index in [1.54, 1.807) is 16.4 Å². The molecule has 1 fully saturated rings. The van der Waals surface area contributed by atoms with Crippen LogP contribution in [0.1, 0.15) is 44.8 Å². The summed E-state index contributed by atoms with van der Waals surface area (Å²) in [6, 6.07) is 3.35. The van der Waals surface area contributed by atoms with E-state index in [0.29, 0.717) is 36.5 Å². The largest absolute Gasteiger partial charge is 0.338 e. The molecule has 0 bridgehead atoms. The minimum atomic E-state index is -3.43. The monoisotopic (exact) mass is 396 g/mol. The number of aromatic nitrogens is 3. The van der Waals surface area contributed by atoms with Crippen LogP contribution in [0.25, 0.3) is 0 Å². The Hall–Kier alpha value is -1.45. The van der Waals surface area contributed by atoms with E-state index in [2.05, 4.69) is 29.0 Å². The third kappa shape index (κ3) is 4.83. The first-order chi connectivity index (χ1) is 12.4. The van der Waals surface area contributed by atoms with E-state index in [1.165, 1.54) is 18.0 Å². The van der Waals surface area contributed by atoms with Crippen molar-refractivity contribution in [3.63, 3.8) is 0 Å². The second kappa shape index (κ2) is 8.49. The number of nitrogens with zero attached hydrogens (tertiary/aromatic N) is 4. The Morgan fingerprint density at radius 1 is 1.23 bits per heavy atom. The summed E-state index contributed by atoms with van der Waals surface area (Å²) in [7, 11) is -3.43. The van der Waals surface area contributed by atoms with Gasteiger partial charge in [0.05, 0.1) is 10.8 Å². The standard InChI is InChI=1S/C17H24N4O3S2/c1-13(2)10-15-19-16(24-20-15)12-25-17-7-6-14(11-18-17)26(22,23)21-8-4-3-5-9-21/h6-7,11,13H,3-5,8-10,12H2,1-2H3. The molecule has 0 radical (unpaired) electrons. The van der Waals surface area contributed by atoms with Gasteiger partial charge in [0.2, 0.25) is 15.9 Å². The zero-order valence-corrected chi connectivity index (χ0v) is 16.7. The van der Waals surface area contributed by atoms with Crippen LogP contribution in [0.5, 0.6) is 0 Å². The number of rotatable bonds is 7. The maximum Gasteiger partial charge on any atom is 0.244 e. The lowest BCUT2D eigenvalue weighted by Gasteiger charge is -2.25. The minimum Gasteiger partial charge on any atom is -0.338 e. The molecular weight excluding hydrogens is 372 g/mol. The lowest BCUT2D eigenvalue weighted by atomic mass is 10.1. The van der Waals surface area contributed by atoms with Gasteiger partial charge < -0.3 is 4.52 Å². The van der Waals surface area contributed by atoms with E-state index in [1.807, 2.05) is 0 Å². The summed E-state index contributed by atoms with van der Waals surface area (Å²) >= 11 is 1.44. The molecule has 0 spiro atoms. The second-order valence-electron chi connectivity index (χ2n) is 6.79. The summed E-state index contributed by atoms with van der Waals surface area (Å²) in [4.78, 5) is 8.88. The molecule has 142 valence electrons. The van der Waals surface area contributed by atoms with Gasteiger partial charge in [0, 0.05) is 25.7 Å². The number of hydrogen-bond acceptors (Lipinski definition) is 7. The molecule has 0 atom stereocenters. The van der Waals surface area contributed by atoms with Gasteiger partial charge in [-0.1, -0.05) is 37.2 Å². The number of thioether (sulfide) groups is 1. The fourth-order valence-electron chi connectivity index (χ4n) is 2.79. The zero-order chi connectivity index (χ0) is 18.6. The van der Waals surface area contributed by atoms with Crippen molar-refractivity contribution >= 4 is 21.8 Å². The molecule has 0 N–H and O–H groups in total. The fraction of sp³-hybridized carbons (Fsp3) is 0.588. The normalized spacial score (nSPS) is 16.3. The quantitative estimate of drug-likeness (QED) is 0.664. The van der Waals surface area contributed by atoms with Crippen LogP contribution in [0.15, 0.2) is 32.8 Å². The molecule has 1 aliphatic rings. The number of sulfonamides is 1. The summed E-state index contributed by atoms with van der Waals surface area (Å²) in [5, 5.41) is 4.69. The van der Waals surface area contributed by atoms with Crippen LogP contribution in [-0.4, -0.2) is 40.9 Å². The lowest BCUT2D eigenvalue weighted by molar-refractivity contribution is 0.346. The van der Waals surface area contributed by atoms with Gasteiger partial charge in [-0.05, 0) is 30.9 Å². The maximum absolute atomic E-state index is 12.6. The van der Waals surface area contributed by atoms with Crippen molar-refractivity contribution in [1.82, 2.24) is 19.4 Å². The maximum atomic E-state index is 12.6. The SMILES string of the molecule is CC(C)Cc1noc(CSc2ccc(S(=O)(=O)N3CCCCC3)cn2)n1. The van der Waals surface area contributed by atoms with Crippen molar-refractivity contribution in [2.24, 2.45) is 5.92 Å². The van der Waals surface area contributed by atoms with Crippen LogP contribution in [0.4, 0.5) is 0 Å². The molecule has 1 saturated heterocycles. The van der Waals surface area contributed by atoms with E-state index < -0.39 is 10.0 Å². The van der Waals surface area contributed by atoms with Crippen LogP contribution in [0.2, 0.25) is 0 Å². The summed E-state index contributed by atoms with van der Waals surface area (Å²) in [5.74, 6) is 2.25. The van der Waals surface area contributed by atoms with Gasteiger partial charge in [0.15, 0.2) is 5.82 Å². The van der Waals surface area contributed by atoms with Crippen molar-refractivity contribution in [2.75, 3.05) is 13.1 Å². The molecular formula is C17H24N4O3S2. The molecule has 2 aromatic heterocycles. The Morgan fingerprint density at radius 2 is 2.00 bits per heavy atom. The number of hydrogen-bond donors (Lipinski definition) is 0. The third-order valence-corrected chi connectivity index (χ3v) is 6.92. The minimum absolute atomic E-state index is 0.251. The highest BCUT2D eigenvalue weighted by atomic mass is 32.2.